The first kappa shape index (κ1) is 15.2. The van der Waals surface area contributed by atoms with E-state index < -0.39 is 0 Å². The van der Waals surface area contributed by atoms with Crippen molar-refractivity contribution in [2.45, 2.75) is 32.1 Å². The lowest BCUT2D eigenvalue weighted by Gasteiger charge is -2.19. The van der Waals surface area contributed by atoms with Gasteiger partial charge in [0.15, 0.2) is 5.96 Å². The molecule has 0 unspecified atom stereocenters. The zero-order chi connectivity index (χ0) is 14.6. The average molecular weight is 294 g/mol. The minimum absolute atomic E-state index is 0.236. The van der Waals surface area contributed by atoms with Crippen LogP contribution in [0.3, 0.4) is 0 Å². The van der Waals surface area contributed by atoms with Gasteiger partial charge < -0.3 is 10.6 Å². The lowest BCUT2D eigenvalue weighted by molar-refractivity contribution is 0.600. The Labute approximate surface area is 126 Å². The molecule has 0 amide bonds. The van der Waals surface area contributed by atoms with Crippen LogP contribution >= 0.6 is 11.6 Å². The molecule has 0 aromatic heterocycles. The lowest BCUT2D eigenvalue weighted by atomic mass is 9.96. The molecule has 2 N–H and O–H groups in total. The van der Waals surface area contributed by atoms with Gasteiger partial charge in [0.2, 0.25) is 0 Å². The molecule has 20 heavy (non-hydrogen) atoms. The predicted molar refractivity (Wildman–Crippen MR) is 86.6 cm³/mol. The van der Waals surface area contributed by atoms with Crippen molar-refractivity contribution in [3.8, 4) is 0 Å². The summed E-state index contributed by atoms with van der Waals surface area (Å²) in [6.07, 6.45) is 2.42. The second-order valence-corrected chi connectivity index (χ2v) is 6.43. The van der Waals surface area contributed by atoms with Gasteiger partial charge in [0.1, 0.15) is 0 Å². The van der Waals surface area contributed by atoms with Crippen LogP contribution in [0.25, 0.3) is 0 Å². The number of hydrogen-bond acceptors (Lipinski definition) is 1. The first-order chi connectivity index (χ1) is 9.55. The highest BCUT2D eigenvalue weighted by molar-refractivity contribution is 6.30. The van der Waals surface area contributed by atoms with E-state index in [0.29, 0.717) is 5.92 Å². The highest BCUT2D eigenvalue weighted by Gasteiger charge is 2.44. The summed E-state index contributed by atoms with van der Waals surface area (Å²) in [5, 5.41) is 7.60. The molecule has 1 aromatic rings. The van der Waals surface area contributed by atoms with E-state index in [1.54, 1.807) is 0 Å². The van der Waals surface area contributed by atoms with Crippen LogP contribution in [0.15, 0.2) is 29.3 Å². The van der Waals surface area contributed by atoms with Gasteiger partial charge >= 0.3 is 0 Å². The molecule has 2 rings (SSSR count). The van der Waals surface area contributed by atoms with E-state index >= 15 is 0 Å². The molecule has 1 fully saturated rings. The average Bonchev–Trinajstić information content (AvgIpc) is 3.20. The molecule has 0 spiro atoms. The second-order valence-electron chi connectivity index (χ2n) is 5.99. The van der Waals surface area contributed by atoms with Crippen LogP contribution in [-0.4, -0.2) is 26.1 Å². The Morgan fingerprint density at radius 1 is 1.35 bits per heavy atom. The molecule has 4 heteroatoms. The number of nitrogens with one attached hydrogen (secondary N) is 2. The molecular formula is C16H24ClN3. The highest BCUT2D eigenvalue weighted by atomic mass is 35.5. The molecule has 1 aliphatic rings. The van der Waals surface area contributed by atoms with Gasteiger partial charge in [0.25, 0.3) is 0 Å². The molecule has 1 saturated carbocycles. The Bertz CT molecular complexity index is 478. The third-order valence-corrected chi connectivity index (χ3v) is 4.02. The quantitative estimate of drug-likeness (QED) is 0.646. The van der Waals surface area contributed by atoms with Crippen molar-refractivity contribution >= 4 is 17.6 Å². The van der Waals surface area contributed by atoms with Gasteiger partial charge in [-0.1, -0.05) is 37.6 Å². The summed E-state index contributed by atoms with van der Waals surface area (Å²) < 4.78 is 0. The largest absolute Gasteiger partial charge is 0.356 e. The van der Waals surface area contributed by atoms with E-state index in [0.717, 1.165) is 24.1 Å². The topological polar surface area (TPSA) is 36.4 Å². The molecule has 0 heterocycles. The summed E-state index contributed by atoms with van der Waals surface area (Å²) in [7, 11) is 1.81. The van der Waals surface area contributed by atoms with Crippen LogP contribution in [0.4, 0.5) is 0 Å². The summed E-state index contributed by atoms with van der Waals surface area (Å²) in [5.74, 6) is 1.49. The summed E-state index contributed by atoms with van der Waals surface area (Å²) in [4.78, 5) is 4.27. The third kappa shape index (κ3) is 3.89. The van der Waals surface area contributed by atoms with Crippen LogP contribution in [0, 0.1) is 5.92 Å². The van der Waals surface area contributed by atoms with Crippen molar-refractivity contribution in [2.24, 2.45) is 10.9 Å². The van der Waals surface area contributed by atoms with Crippen molar-refractivity contribution < 1.29 is 0 Å². The Balaban J connectivity index is 1.93. The Morgan fingerprint density at radius 2 is 2.10 bits per heavy atom. The minimum atomic E-state index is 0.236. The normalized spacial score (nSPS) is 17.1. The maximum Gasteiger partial charge on any atom is 0.191 e. The number of guanidine groups is 1. The predicted octanol–water partition coefficient (Wildman–Crippen LogP) is 3.19. The summed E-state index contributed by atoms with van der Waals surface area (Å²) >= 11 is 6.10. The number of nitrogens with zero attached hydrogens (tertiary/aromatic N) is 1. The summed E-state index contributed by atoms with van der Waals surface area (Å²) in [6, 6.07) is 8.21. The van der Waals surface area contributed by atoms with Gasteiger partial charge in [-0.2, -0.15) is 0 Å². The minimum Gasteiger partial charge on any atom is -0.356 e. The van der Waals surface area contributed by atoms with Gasteiger partial charge in [0.05, 0.1) is 0 Å². The fraction of sp³-hybridized carbons (Fsp3) is 0.562. The van der Waals surface area contributed by atoms with Crippen molar-refractivity contribution in [3.05, 3.63) is 34.9 Å². The number of benzene rings is 1. The first-order valence-corrected chi connectivity index (χ1v) is 7.64. The van der Waals surface area contributed by atoms with E-state index in [1.165, 1.54) is 18.4 Å². The number of rotatable bonds is 5. The highest BCUT2D eigenvalue weighted by Crippen LogP contribution is 2.48. The fourth-order valence-corrected chi connectivity index (χ4v) is 2.50. The zero-order valence-corrected chi connectivity index (χ0v) is 13.3. The van der Waals surface area contributed by atoms with Crippen LogP contribution < -0.4 is 10.6 Å². The Hall–Kier alpha value is -1.22. The molecule has 3 nitrogen and oxygen atoms in total. The maximum atomic E-state index is 6.10. The van der Waals surface area contributed by atoms with Gasteiger partial charge in [0, 0.05) is 30.6 Å². The van der Waals surface area contributed by atoms with E-state index in [-0.39, 0.29) is 5.41 Å². The molecular weight excluding hydrogens is 270 g/mol. The van der Waals surface area contributed by atoms with E-state index in [1.807, 2.05) is 19.2 Å². The number of aliphatic imine (C=N–C) groups is 1. The third-order valence-electron chi connectivity index (χ3n) is 3.79. The SMILES string of the molecule is CN=C(NCC(C)C)NCC1(c2cccc(Cl)c2)CC1. The van der Waals surface area contributed by atoms with Crippen molar-refractivity contribution in [1.82, 2.24) is 10.6 Å². The molecule has 0 bridgehead atoms. The Morgan fingerprint density at radius 3 is 2.65 bits per heavy atom. The van der Waals surface area contributed by atoms with Crippen molar-refractivity contribution in [3.63, 3.8) is 0 Å². The first-order valence-electron chi connectivity index (χ1n) is 7.26. The van der Waals surface area contributed by atoms with Gasteiger partial charge in [-0.3, -0.25) is 4.99 Å². The van der Waals surface area contributed by atoms with E-state index in [9.17, 15) is 0 Å². The summed E-state index contributed by atoms with van der Waals surface area (Å²) in [5.41, 5.74) is 1.57. The van der Waals surface area contributed by atoms with Crippen molar-refractivity contribution in [2.75, 3.05) is 20.1 Å². The smallest absolute Gasteiger partial charge is 0.191 e. The molecule has 0 radical (unpaired) electrons. The standard InChI is InChI=1S/C16H24ClN3/c1-12(2)10-19-15(18-3)20-11-16(7-8-16)13-5-4-6-14(17)9-13/h4-6,9,12H,7-8,10-11H2,1-3H3,(H2,18,19,20). The van der Waals surface area contributed by atoms with Crippen LogP contribution in [-0.2, 0) is 5.41 Å². The molecule has 0 atom stereocenters. The molecule has 1 aliphatic carbocycles. The monoisotopic (exact) mass is 293 g/mol. The van der Waals surface area contributed by atoms with Gasteiger partial charge in [-0.15, -0.1) is 0 Å². The van der Waals surface area contributed by atoms with Crippen LogP contribution in [0.1, 0.15) is 32.3 Å². The Kier molecular flexibility index (Phi) is 4.92. The number of hydrogen-bond donors (Lipinski definition) is 2. The van der Waals surface area contributed by atoms with Gasteiger partial charge in [-0.05, 0) is 36.5 Å². The molecule has 0 aliphatic heterocycles. The number of halogens is 1. The van der Waals surface area contributed by atoms with Crippen molar-refractivity contribution in [1.29, 1.82) is 0 Å². The van der Waals surface area contributed by atoms with Gasteiger partial charge in [-0.25, -0.2) is 0 Å². The second kappa shape index (κ2) is 6.49. The summed E-state index contributed by atoms with van der Waals surface area (Å²) in [6.45, 7) is 6.22. The molecule has 110 valence electrons. The maximum absolute atomic E-state index is 6.10. The molecule has 0 saturated heterocycles. The van der Waals surface area contributed by atoms with Crippen LogP contribution in [0.5, 0.6) is 0 Å². The van der Waals surface area contributed by atoms with E-state index in [2.05, 4.69) is 41.6 Å². The zero-order valence-electron chi connectivity index (χ0n) is 12.5. The molecule has 1 aromatic carbocycles. The lowest BCUT2D eigenvalue weighted by Crippen LogP contribution is -2.42. The van der Waals surface area contributed by atoms with Crippen LogP contribution in [0.2, 0.25) is 5.02 Å². The van der Waals surface area contributed by atoms with E-state index in [4.69, 9.17) is 11.6 Å². The fourth-order valence-electron chi connectivity index (χ4n) is 2.31.